The number of benzene rings is 20. The van der Waals surface area contributed by atoms with Crippen molar-refractivity contribution in [2.75, 3.05) is 0 Å². The summed E-state index contributed by atoms with van der Waals surface area (Å²) in [6, 6.07) is 139. The van der Waals surface area contributed by atoms with E-state index in [1.54, 1.807) is 0 Å². The van der Waals surface area contributed by atoms with Crippen molar-refractivity contribution < 1.29 is 13.3 Å². The minimum atomic E-state index is 0. The third-order valence-corrected chi connectivity index (χ3v) is 22.0. The fourth-order valence-electron chi connectivity index (χ4n) is 17.3. The molecule has 0 unspecified atom stereocenters. The number of furan rings is 3. The van der Waals surface area contributed by atoms with Gasteiger partial charge >= 0.3 is 0 Å². The molecular formula is C107H76O3. The maximum Gasteiger partial charge on any atom is 0.136 e. The van der Waals surface area contributed by atoms with Crippen LogP contribution < -0.4 is 0 Å². The molecule has 0 atom stereocenters. The lowest BCUT2D eigenvalue weighted by Gasteiger charge is -2.18. The number of fused-ring (bicyclic) bond motifs is 17. The van der Waals surface area contributed by atoms with Crippen LogP contribution in [0.2, 0.25) is 0 Å². The van der Waals surface area contributed by atoms with Gasteiger partial charge in [-0.05, 0) is 214 Å². The summed E-state index contributed by atoms with van der Waals surface area (Å²) < 4.78 is 18.8. The van der Waals surface area contributed by atoms with E-state index in [2.05, 4.69) is 352 Å². The summed E-state index contributed by atoms with van der Waals surface area (Å²) in [4.78, 5) is 0. The summed E-state index contributed by atoms with van der Waals surface area (Å²) in [5, 5.41) is 27.1. The van der Waals surface area contributed by atoms with E-state index in [1.165, 1.54) is 153 Å². The Morgan fingerprint density at radius 2 is 0.373 bits per heavy atom. The standard InChI is InChI=1S/2C36H22O.C32H20O.3CH4/c1-2-12-25-23(10-1)11-9-18-28(25)36-31-16-5-3-14-29(31)35(30-15-4-6-17-32(30)36)24-20-21-27-26-13-7-8-19-33(26)37-34(27)22-24;1-2-10-24-21-25(18-17-23(24)9-1)35-29-12-3-5-14-31(29)36(32-15-6-4-13-30(32)35)26-19-20-28-27-11-7-8-16-33(27)37-34(28)22-26;1-2-10-21(11-3-1)31-25-13-4-6-15-27(25)32(28-16-7-5-14-26(28)31)22-18-19-24-23-12-8-9-17-29(23)33-30(24)20-22;;;/h2*1-22H;1-20H;3*1H4. The van der Waals surface area contributed by atoms with E-state index < -0.39 is 0 Å². The number of rotatable bonds is 6. The Hall–Kier alpha value is -14.1. The third-order valence-electron chi connectivity index (χ3n) is 22.0. The van der Waals surface area contributed by atoms with Gasteiger partial charge < -0.3 is 13.3 Å². The molecule has 3 nitrogen and oxygen atoms in total. The summed E-state index contributed by atoms with van der Waals surface area (Å²) in [5.41, 5.74) is 20.4. The van der Waals surface area contributed by atoms with Crippen LogP contribution in [0.1, 0.15) is 22.3 Å². The van der Waals surface area contributed by atoms with Gasteiger partial charge in [-0.1, -0.05) is 350 Å². The largest absolute Gasteiger partial charge is 0.456 e. The quantitative estimate of drug-likeness (QED) is 0.156. The van der Waals surface area contributed by atoms with Crippen LogP contribution in [-0.2, 0) is 0 Å². The normalized spacial score (nSPS) is 11.4. The van der Waals surface area contributed by atoms with E-state index in [4.69, 9.17) is 13.3 Å². The van der Waals surface area contributed by atoms with Crippen LogP contribution in [0.3, 0.4) is 0 Å². The minimum Gasteiger partial charge on any atom is -0.456 e. The van der Waals surface area contributed by atoms with Gasteiger partial charge in [0.05, 0.1) is 0 Å². The molecule has 0 spiro atoms. The predicted molar refractivity (Wildman–Crippen MR) is 474 cm³/mol. The van der Waals surface area contributed by atoms with Gasteiger partial charge in [0.2, 0.25) is 0 Å². The van der Waals surface area contributed by atoms with E-state index in [1.807, 2.05) is 36.4 Å². The van der Waals surface area contributed by atoms with Gasteiger partial charge in [-0.2, -0.15) is 0 Å². The van der Waals surface area contributed by atoms with Gasteiger partial charge in [-0.3, -0.25) is 0 Å². The molecule has 0 bridgehead atoms. The van der Waals surface area contributed by atoms with E-state index in [-0.39, 0.29) is 22.3 Å². The molecule has 23 rings (SSSR count). The lowest BCUT2D eigenvalue weighted by Crippen LogP contribution is -1.91. The van der Waals surface area contributed by atoms with E-state index in [0.717, 1.165) is 65.8 Å². The zero-order chi connectivity index (χ0) is 70.5. The number of para-hydroxylation sites is 3. The zero-order valence-corrected chi connectivity index (χ0v) is 58.2. The molecule has 0 fully saturated rings. The second-order valence-corrected chi connectivity index (χ2v) is 27.9. The highest BCUT2D eigenvalue weighted by atomic mass is 16.3. The average Bonchev–Trinajstić information content (AvgIpc) is 0.855. The molecule has 0 aliphatic carbocycles. The fourth-order valence-corrected chi connectivity index (χ4v) is 17.3. The molecule has 20 aromatic carbocycles. The molecule has 110 heavy (non-hydrogen) atoms. The maximum absolute atomic E-state index is 6.28. The summed E-state index contributed by atoms with van der Waals surface area (Å²) >= 11 is 0. The molecule has 3 heterocycles. The Balaban J connectivity index is 0.000000114. The topological polar surface area (TPSA) is 39.4 Å². The second kappa shape index (κ2) is 28.0. The van der Waals surface area contributed by atoms with E-state index in [0.29, 0.717) is 0 Å². The third kappa shape index (κ3) is 11.2. The highest BCUT2D eigenvalue weighted by Gasteiger charge is 2.23. The van der Waals surface area contributed by atoms with Crippen LogP contribution in [-0.4, -0.2) is 0 Å². The first kappa shape index (κ1) is 67.7. The van der Waals surface area contributed by atoms with Crippen molar-refractivity contribution >= 4 is 152 Å². The molecule has 0 aliphatic heterocycles. The van der Waals surface area contributed by atoms with Gasteiger partial charge in [-0.15, -0.1) is 0 Å². The van der Waals surface area contributed by atoms with Crippen molar-refractivity contribution in [2.45, 2.75) is 22.3 Å². The van der Waals surface area contributed by atoms with Gasteiger partial charge in [0.1, 0.15) is 33.5 Å². The predicted octanol–water partition coefficient (Wildman–Crippen LogP) is 31.9. The molecule has 3 heteroatoms. The Labute approximate surface area is 638 Å². The van der Waals surface area contributed by atoms with Crippen molar-refractivity contribution in [3.8, 4) is 66.8 Å². The lowest BCUT2D eigenvalue weighted by molar-refractivity contribution is 0.668. The van der Waals surface area contributed by atoms with Crippen molar-refractivity contribution in [1.29, 1.82) is 0 Å². The van der Waals surface area contributed by atoms with Crippen LogP contribution in [0.15, 0.2) is 401 Å². The molecule has 23 aromatic rings. The monoisotopic (exact) mass is 1410 g/mol. The second-order valence-electron chi connectivity index (χ2n) is 27.9. The fraction of sp³-hybridized carbons (Fsp3) is 0.0280. The number of hydrogen-bond donors (Lipinski definition) is 0. The Kier molecular flexibility index (Phi) is 17.2. The van der Waals surface area contributed by atoms with Crippen LogP contribution in [0.5, 0.6) is 0 Å². The van der Waals surface area contributed by atoms with Gasteiger partial charge in [0.25, 0.3) is 0 Å². The first-order valence-electron chi connectivity index (χ1n) is 36.7. The lowest BCUT2D eigenvalue weighted by atomic mass is 9.84. The van der Waals surface area contributed by atoms with Crippen molar-refractivity contribution in [1.82, 2.24) is 0 Å². The molecular weight excluding hydrogens is 1330 g/mol. The summed E-state index contributed by atoms with van der Waals surface area (Å²) in [5.74, 6) is 0. The summed E-state index contributed by atoms with van der Waals surface area (Å²) in [6.45, 7) is 0. The summed E-state index contributed by atoms with van der Waals surface area (Å²) in [6.07, 6.45) is 0. The van der Waals surface area contributed by atoms with Crippen LogP contribution >= 0.6 is 0 Å². The molecule has 0 saturated heterocycles. The Morgan fingerprint density at radius 1 is 0.127 bits per heavy atom. The van der Waals surface area contributed by atoms with Crippen LogP contribution in [0.25, 0.3) is 219 Å². The summed E-state index contributed by atoms with van der Waals surface area (Å²) in [7, 11) is 0. The smallest absolute Gasteiger partial charge is 0.136 e. The van der Waals surface area contributed by atoms with Crippen molar-refractivity contribution in [2.24, 2.45) is 0 Å². The van der Waals surface area contributed by atoms with Crippen LogP contribution in [0.4, 0.5) is 0 Å². The first-order chi connectivity index (χ1) is 53.1. The zero-order valence-electron chi connectivity index (χ0n) is 58.2. The van der Waals surface area contributed by atoms with Crippen molar-refractivity contribution in [3.05, 3.63) is 388 Å². The van der Waals surface area contributed by atoms with Gasteiger partial charge in [0, 0.05) is 32.3 Å². The molecule has 3 aromatic heterocycles. The molecule has 0 saturated carbocycles. The van der Waals surface area contributed by atoms with E-state index in [9.17, 15) is 0 Å². The van der Waals surface area contributed by atoms with Crippen LogP contribution in [0, 0.1) is 0 Å². The van der Waals surface area contributed by atoms with Gasteiger partial charge in [0.15, 0.2) is 0 Å². The Bertz CT molecular complexity index is 7330. The van der Waals surface area contributed by atoms with E-state index >= 15 is 0 Å². The molecule has 522 valence electrons. The average molecular weight is 1410 g/mol. The molecule has 0 aliphatic rings. The van der Waals surface area contributed by atoms with Crippen molar-refractivity contribution in [3.63, 3.8) is 0 Å². The molecule has 0 N–H and O–H groups in total. The van der Waals surface area contributed by atoms with Gasteiger partial charge in [-0.25, -0.2) is 0 Å². The SMILES string of the molecule is C.C.C.c1ccc(-c2c3ccccc3c(-c3ccc4c(c3)oc3ccccc34)c3ccccc23)cc1.c1ccc2c(-c3c4ccccc4c(-c4ccc5c(c4)oc4ccccc45)c4ccccc34)cccc2c1.c1ccc2cc(-c3c4ccccc4c(-c4ccc5c(c4)oc4ccccc45)c4ccccc34)ccc2c1. The highest BCUT2D eigenvalue weighted by molar-refractivity contribution is 6.26. The highest BCUT2D eigenvalue weighted by Crippen LogP contribution is 2.50. The first-order valence-corrected chi connectivity index (χ1v) is 36.7. The molecule has 0 radical (unpaired) electrons. The maximum atomic E-state index is 6.28. The minimum absolute atomic E-state index is 0. The number of hydrogen-bond acceptors (Lipinski definition) is 3. The molecule has 0 amide bonds. The Morgan fingerprint density at radius 3 is 0.736 bits per heavy atom.